The Hall–Kier alpha value is -1.12. The molecule has 0 saturated carbocycles. The van der Waals surface area contributed by atoms with E-state index in [-0.39, 0.29) is 0 Å². The highest BCUT2D eigenvalue weighted by Gasteiger charge is 2.05. The van der Waals surface area contributed by atoms with Gasteiger partial charge >= 0.3 is 0 Å². The molecule has 2 nitrogen and oxygen atoms in total. The van der Waals surface area contributed by atoms with E-state index in [1.807, 2.05) is 13.1 Å². The maximum atomic E-state index is 3.76. The molecule has 0 aliphatic carbocycles. The zero-order valence-corrected chi connectivity index (χ0v) is 12.7. The van der Waals surface area contributed by atoms with E-state index in [4.69, 9.17) is 0 Å². The Labute approximate surface area is 118 Å². The third-order valence-corrected chi connectivity index (χ3v) is 3.46. The molecule has 0 aliphatic rings. The fourth-order valence-corrected chi connectivity index (χ4v) is 2.27. The van der Waals surface area contributed by atoms with Gasteiger partial charge in [0, 0.05) is 13.1 Å². The minimum Gasteiger partial charge on any atom is -0.319 e. The first kappa shape index (κ1) is 15.9. The molecule has 0 fully saturated rings. The van der Waals surface area contributed by atoms with Crippen molar-refractivity contribution in [2.24, 2.45) is 0 Å². The van der Waals surface area contributed by atoms with Gasteiger partial charge in [-0.1, -0.05) is 37.3 Å². The number of rotatable bonds is 9. The Balaban J connectivity index is 2.45. The highest BCUT2D eigenvalue weighted by Crippen LogP contribution is 2.15. The molecule has 19 heavy (non-hydrogen) atoms. The van der Waals surface area contributed by atoms with Crippen molar-refractivity contribution in [1.29, 1.82) is 0 Å². The lowest BCUT2D eigenvalue weighted by Gasteiger charge is -2.17. The minimum atomic E-state index is 0.573. The summed E-state index contributed by atoms with van der Waals surface area (Å²) in [5, 5.41) is 3.23. The summed E-state index contributed by atoms with van der Waals surface area (Å²) in [5.41, 5.74) is 2.80. The van der Waals surface area contributed by atoms with Gasteiger partial charge in [-0.3, -0.25) is 0 Å². The van der Waals surface area contributed by atoms with Crippen LogP contribution in [0.4, 0.5) is 0 Å². The van der Waals surface area contributed by atoms with Crippen molar-refractivity contribution in [2.45, 2.75) is 32.2 Å². The van der Waals surface area contributed by atoms with E-state index in [0.717, 1.165) is 26.1 Å². The number of nitrogens with zero attached hydrogens (tertiary/aromatic N) is 1. The predicted molar refractivity (Wildman–Crippen MR) is 84.5 cm³/mol. The van der Waals surface area contributed by atoms with Crippen molar-refractivity contribution in [3.8, 4) is 0 Å². The molecule has 0 aromatic heterocycles. The molecule has 106 valence electrons. The van der Waals surface area contributed by atoms with Crippen molar-refractivity contribution in [3.05, 3.63) is 48.0 Å². The molecule has 1 aromatic rings. The van der Waals surface area contributed by atoms with Crippen LogP contribution < -0.4 is 5.32 Å². The molecule has 0 radical (unpaired) electrons. The smallest absolute Gasteiger partial charge is 0.0230 e. The first-order chi connectivity index (χ1) is 9.17. The Bertz CT molecular complexity index is 356. The number of allylic oxidation sites excluding steroid dienone is 1. The van der Waals surface area contributed by atoms with Gasteiger partial charge < -0.3 is 10.2 Å². The molecule has 0 amide bonds. The lowest BCUT2D eigenvalue weighted by atomic mass is 10.00. The molecule has 0 bridgehead atoms. The number of likely N-dealkylation sites (N-methyl/N-ethyl adjacent to an activating group) is 1. The first-order valence-electron chi connectivity index (χ1n) is 7.20. The SMILES string of the molecule is C=CCCCN(C)Cc1ccc(C(C)CNC)cc1. The van der Waals surface area contributed by atoms with Crippen LogP contribution in [-0.4, -0.2) is 32.1 Å². The second kappa shape index (κ2) is 8.89. The van der Waals surface area contributed by atoms with Gasteiger partial charge in [-0.2, -0.15) is 0 Å². The van der Waals surface area contributed by atoms with Gasteiger partial charge in [-0.15, -0.1) is 6.58 Å². The van der Waals surface area contributed by atoms with Crippen LogP contribution in [-0.2, 0) is 6.54 Å². The van der Waals surface area contributed by atoms with Crippen molar-refractivity contribution in [3.63, 3.8) is 0 Å². The van der Waals surface area contributed by atoms with Crippen LogP contribution in [0.3, 0.4) is 0 Å². The predicted octanol–water partition coefficient (Wildman–Crippen LogP) is 3.41. The normalized spacial score (nSPS) is 12.6. The topological polar surface area (TPSA) is 15.3 Å². The van der Waals surface area contributed by atoms with E-state index in [2.05, 4.69) is 55.0 Å². The van der Waals surface area contributed by atoms with E-state index >= 15 is 0 Å². The van der Waals surface area contributed by atoms with Gasteiger partial charge in [0.05, 0.1) is 0 Å². The van der Waals surface area contributed by atoms with E-state index < -0.39 is 0 Å². The third-order valence-electron chi connectivity index (χ3n) is 3.46. The fraction of sp³-hybridized carbons (Fsp3) is 0.529. The first-order valence-corrected chi connectivity index (χ1v) is 7.20. The fourth-order valence-electron chi connectivity index (χ4n) is 2.27. The number of hydrogen-bond donors (Lipinski definition) is 1. The Morgan fingerprint density at radius 1 is 1.32 bits per heavy atom. The number of nitrogens with one attached hydrogen (secondary N) is 1. The molecule has 0 saturated heterocycles. The van der Waals surface area contributed by atoms with Crippen molar-refractivity contribution >= 4 is 0 Å². The van der Waals surface area contributed by atoms with Crippen LogP contribution in [0.2, 0.25) is 0 Å². The molecular weight excluding hydrogens is 232 g/mol. The average molecular weight is 260 g/mol. The number of benzene rings is 1. The largest absolute Gasteiger partial charge is 0.319 e. The summed E-state index contributed by atoms with van der Waals surface area (Å²) in [6.45, 7) is 9.20. The monoisotopic (exact) mass is 260 g/mol. The molecule has 0 heterocycles. The molecule has 0 aliphatic heterocycles. The van der Waals surface area contributed by atoms with Crippen molar-refractivity contribution in [1.82, 2.24) is 10.2 Å². The van der Waals surface area contributed by atoms with Crippen molar-refractivity contribution < 1.29 is 0 Å². The van der Waals surface area contributed by atoms with Gasteiger partial charge in [0.15, 0.2) is 0 Å². The quantitative estimate of drug-likeness (QED) is 0.541. The van der Waals surface area contributed by atoms with Crippen LogP contribution in [0.15, 0.2) is 36.9 Å². The Kier molecular flexibility index (Phi) is 7.46. The Morgan fingerprint density at radius 2 is 2.00 bits per heavy atom. The molecule has 1 unspecified atom stereocenters. The van der Waals surface area contributed by atoms with Gasteiger partial charge in [-0.05, 0) is 50.5 Å². The lowest BCUT2D eigenvalue weighted by Crippen LogP contribution is -2.19. The van der Waals surface area contributed by atoms with Crippen LogP contribution in [0, 0.1) is 0 Å². The van der Waals surface area contributed by atoms with Gasteiger partial charge in [0.25, 0.3) is 0 Å². The highest BCUT2D eigenvalue weighted by atomic mass is 15.1. The van der Waals surface area contributed by atoms with Gasteiger partial charge in [0.2, 0.25) is 0 Å². The van der Waals surface area contributed by atoms with E-state index in [0.29, 0.717) is 5.92 Å². The number of hydrogen-bond acceptors (Lipinski definition) is 2. The second-order valence-corrected chi connectivity index (χ2v) is 5.37. The maximum absolute atomic E-state index is 3.76. The minimum absolute atomic E-state index is 0.573. The summed E-state index contributed by atoms with van der Waals surface area (Å²) >= 11 is 0. The zero-order valence-electron chi connectivity index (χ0n) is 12.7. The second-order valence-electron chi connectivity index (χ2n) is 5.37. The molecule has 1 N–H and O–H groups in total. The van der Waals surface area contributed by atoms with Crippen LogP contribution in [0.25, 0.3) is 0 Å². The van der Waals surface area contributed by atoms with Crippen LogP contribution >= 0.6 is 0 Å². The van der Waals surface area contributed by atoms with Crippen molar-refractivity contribution in [2.75, 3.05) is 27.2 Å². The summed E-state index contributed by atoms with van der Waals surface area (Å²) in [4.78, 5) is 2.37. The number of unbranched alkanes of at least 4 members (excludes halogenated alkanes) is 1. The lowest BCUT2D eigenvalue weighted by molar-refractivity contribution is 0.323. The van der Waals surface area contributed by atoms with E-state index in [1.165, 1.54) is 17.5 Å². The summed E-state index contributed by atoms with van der Waals surface area (Å²) in [6.07, 6.45) is 4.29. The summed E-state index contributed by atoms with van der Waals surface area (Å²) in [7, 11) is 4.18. The van der Waals surface area contributed by atoms with Gasteiger partial charge in [0.1, 0.15) is 0 Å². The molecule has 1 atom stereocenters. The zero-order chi connectivity index (χ0) is 14.1. The van der Waals surface area contributed by atoms with E-state index in [1.54, 1.807) is 0 Å². The summed E-state index contributed by atoms with van der Waals surface area (Å²) < 4.78 is 0. The summed E-state index contributed by atoms with van der Waals surface area (Å²) in [5.74, 6) is 0.573. The highest BCUT2D eigenvalue weighted by molar-refractivity contribution is 5.25. The third kappa shape index (κ3) is 6.04. The standard InChI is InChI=1S/C17H28N2/c1-5-6-7-12-19(4)14-16-8-10-17(11-9-16)15(2)13-18-3/h5,8-11,15,18H,1,6-7,12-14H2,2-4H3. The Morgan fingerprint density at radius 3 is 2.58 bits per heavy atom. The maximum Gasteiger partial charge on any atom is 0.0230 e. The van der Waals surface area contributed by atoms with Crippen LogP contribution in [0.5, 0.6) is 0 Å². The van der Waals surface area contributed by atoms with Crippen LogP contribution in [0.1, 0.15) is 36.8 Å². The molecule has 1 aromatic carbocycles. The molecule has 1 rings (SSSR count). The molecular formula is C17H28N2. The summed E-state index contributed by atoms with van der Waals surface area (Å²) in [6, 6.07) is 9.03. The molecule has 2 heteroatoms. The van der Waals surface area contributed by atoms with E-state index in [9.17, 15) is 0 Å². The molecule has 0 spiro atoms. The van der Waals surface area contributed by atoms with Gasteiger partial charge in [-0.25, -0.2) is 0 Å². The average Bonchev–Trinajstić information content (AvgIpc) is 2.40.